The van der Waals surface area contributed by atoms with Gasteiger partial charge >= 0.3 is 0 Å². The second kappa shape index (κ2) is 3.05. The average molecular weight is 154 g/mol. The Morgan fingerprint density at radius 3 is 2.64 bits per heavy atom. The molecule has 1 aromatic rings. The van der Waals surface area contributed by atoms with Crippen LogP contribution in [0.3, 0.4) is 0 Å². The summed E-state index contributed by atoms with van der Waals surface area (Å²) in [5.74, 6) is 0.977. The second-order valence-electron chi connectivity index (χ2n) is 2.73. The largest absolute Gasteiger partial charge is 0.374 e. The van der Waals surface area contributed by atoms with E-state index in [1.54, 1.807) is 7.11 Å². The predicted octanol–water partition coefficient (Wildman–Crippen LogP) is 1.44. The number of nitrogens with zero attached hydrogens (tertiary/aromatic N) is 2. The van der Waals surface area contributed by atoms with Crippen LogP contribution in [0.25, 0.3) is 0 Å². The molecular weight excluding hydrogens is 140 g/mol. The lowest BCUT2D eigenvalue weighted by molar-refractivity contribution is 0.109. The quantitative estimate of drug-likeness (QED) is 0.644. The van der Waals surface area contributed by atoms with E-state index in [1.807, 2.05) is 31.7 Å². The molecule has 0 N–H and O–H groups in total. The molecule has 1 atom stereocenters. The number of rotatable bonds is 2. The molecule has 0 saturated carbocycles. The van der Waals surface area contributed by atoms with Crippen LogP contribution in [0, 0.1) is 6.92 Å². The molecule has 1 aromatic heterocycles. The highest BCUT2D eigenvalue weighted by atomic mass is 16.5. The summed E-state index contributed by atoms with van der Waals surface area (Å²) < 4.78 is 7.14. The fraction of sp³-hybridized carbons (Fsp3) is 0.625. The first kappa shape index (κ1) is 8.27. The minimum Gasteiger partial charge on any atom is -0.374 e. The van der Waals surface area contributed by atoms with Gasteiger partial charge in [-0.3, -0.25) is 0 Å². The summed E-state index contributed by atoms with van der Waals surface area (Å²) in [5.41, 5.74) is 1.03. The second-order valence-corrected chi connectivity index (χ2v) is 2.73. The molecule has 0 aliphatic rings. The number of hydrogen-bond donors (Lipinski definition) is 0. The molecule has 3 nitrogen and oxygen atoms in total. The maximum absolute atomic E-state index is 5.15. The molecule has 0 aromatic carbocycles. The zero-order chi connectivity index (χ0) is 8.43. The number of hydrogen-bond acceptors (Lipinski definition) is 2. The Hall–Kier alpha value is -0.830. The monoisotopic (exact) mass is 154 g/mol. The number of methoxy groups -OCH3 is 1. The molecule has 62 valence electrons. The molecule has 1 unspecified atom stereocenters. The van der Waals surface area contributed by atoms with Gasteiger partial charge in [0.15, 0.2) is 0 Å². The molecule has 11 heavy (non-hydrogen) atoms. The van der Waals surface area contributed by atoms with Crippen molar-refractivity contribution in [1.82, 2.24) is 9.55 Å². The average Bonchev–Trinajstić information content (AvgIpc) is 2.28. The highest BCUT2D eigenvalue weighted by Gasteiger charge is 2.09. The molecular formula is C8H14N2O. The van der Waals surface area contributed by atoms with Gasteiger partial charge < -0.3 is 9.30 Å². The zero-order valence-corrected chi connectivity index (χ0v) is 7.46. The van der Waals surface area contributed by atoms with E-state index in [4.69, 9.17) is 4.74 Å². The molecule has 3 heteroatoms. The summed E-state index contributed by atoms with van der Waals surface area (Å²) in [7, 11) is 3.67. The van der Waals surface area contributed by atoms with Crippen LogP contribution < -0.4 is 0 Å². The van der Waals surface area contributed by atoms with Crippen molar-refractivity contribution in [2.24, 2.45) is 7.05 Å². The predicted molar refractivity (Wildman–Crippen MR) is 43.4 cm³/mol. The lowest BCUT2D eigenvalue weighted by Gasteiger charge is -2.07. The fourth-order valence-corrected chi connectivity index (χ4v) is 1.12. The Morgan fingerprint density at radius 1 is 1.64 bits per heavy atom. The highest BCUT2D eigenvalue weighted by Crippen LogP contribution is 2.13. The maximum atomic E-state index is 5.15. The minimum atomic E-state index is 0.0775. The molecule has 1 rings (SSSR count). The van der Waals surface area contributed by atoms with Gasteiger partial charge in [-0.2, -0.15) is 0 Å². The van der Waals surface area contributed by atoms with Crippen LogP contribution in [0.15, 0.2) is 6.20 Å². The van der Waals surface area contributed by atoms with Crippen LogP contribution in [-0.4, -0.2) is 16.7 Å². The molecule has 0 amide bonds. The van der Waals surface area contributed by atoms with E-state index in [0.29, 0.717) is 0 Å². The van der Waals surface area contributed by atoms with Crippen LogP contribution in [0.4, 0.5) is 0 Å². The van der Waals surface area contributed by atoms with Crippen LogP contribution in [-0.2, 0) is 11.8 Å². The summed E-state index contributed by atoms with van der Waals surface area (Å²) in [5, 5.41) is 0. The first-order valence-electron chi connectivity index (χ1n) is 3.67. The van der Waals surface area contributed by atoms with E-state index >= 15 is 0 Å². The zero-order valence-electron chi connectivity index (χ0n) is 7.46. The van der Waals surface area contributed by atoms with Crippen molar-refractivity contribution in [2.45, 2.75) is 20.0 Å². The number of aromatic nitrogens is 2. The third-order valence-electron chi connectivity index (χ3n) is 1.75. The first-order chi connectivity index (χ1) is 5.15. The minimum absolute atomic E-state index is 0.0775. The Balaban J connectivity index is 2.93. The molecule has 1 heterocycles. The SMILES string of the molecule is COC(C)c1nc(C)cn1C. The Morgan fingerprint density at radius 2 is 2.27 bits per heavy atom. The van der Waals surface area contributed by atoms with Crippen LogP contribution in [0.1, 0.15) is 24.5 Å². The Labute approximate surface area is 67.0 Å². The normalized spacial score (nSPS) is 13.5. The van der Waals surface area contributed by atoms with Crippen LogP contribution in [0.5, 0.6) is 0 Å². The number of ether oxygens (including phenoxy) is 1. The van der Waals surface area contributed by atoms with Gasteiger partial charge in [-0.25, -0.2) is 4.98 Å². The van der Waals surface area contributed by atoms with E-state index in [1.165, 1.54) is 0 Å². The highest BCUT2D eigenvalue weighted by molar-refractivity contribution is 5.03. The van der Waals surface area contributed by atoms with E-state index < -0.39 is 0 Å². The number of imidazole rings is 1. The third-order valence-corrected chi connectivity index (χ3v) is 1.75. The summed E-state index contributed by atoms with van der Waals surface area (Å²) in [6.45, 7) is 3.97. The van der Waals surface area contributed by atoms with Crippen LogP contribution in [0.2, 0.25) is 0 Å². The Bertz CT molecular complexity index is 242. The Kier molecular flexibility index (Phi) is 2.29. The lowest BCUT2D eigenvalue weighted by Crippen LogP contribution is -2.03. The van der Waals surface area contributed by atoms with Gasteiger partial charge in [0.25, 0.3) is 0 Å². The summed E-state index contributed by atoms with van der Waals surface area (Å²) in [6.07, 6.45) is 2.07. The lowest BCUT2D eigenvalue weighted by atomic mass is 10.4. The van der Waals surface area contributed by atoms with Crippen molar-refractivity contribution in [3.63, 3.8) is 0 Å². The topological polar surface area (TPSA) is 27.1 Å². The van der Waals surface area contributed by atoms with Crippen LogP contribution >= 0.6 is 0 Å². The molecule has 0 radical (unpaired) electrons. The van der Waals surface area contributed by atoms with E-state index in [0.717, 1.165) is 11.5 Å². The van der Waals surface area contributed by atoms with Gasteiger partial charge in [-0.1, -0.05) is 0 Å². The standard InChI is InChI=1S/C8H14N2O/c1-6-5-10(3)8(9-6)7(2)11-4/h5,7H,1-4H3. The fourth-order valence-electron chi connectivity index (χ4n) is 1.12. The molecule has 0 fully saturated rings. The van der Waals surface area contributed by atoms with E-state index in [9.17, 15) is 0 Å². The van der Waals surface area contributed by atoms with Crippen molar-refractivity contribution in [1.29, 1.82) is 0 Å². The molecule has 0 aliphatic heterocycles. The molecule has 0 aliphatic carbocycles. The first-order valence-corrected chi connectivity index (χ1v) is 3.67. The number of aryl methyl sites for hydroxylation is 2. The van der Waals surface area contributed by atoms with Crippen molar-refractivity contribution in [2.75, 3.05) is 7.11 Å². The summed E-state index contributed by atoms with van der Waals surface area (Å²) in [4.78, 5) is 4.32. The molecule has 0 spiro atoms. The summed E-state index contributed by atoms with van der Waals surface area (Å²) in [6, 6.07) is 0. The smallest absolute Gasteiger partial charge is 0.137 e. The van der Waals surface area contributed by atoms with Gasteiger partial charge in [-0.15, -0.1) is 0 Å². The van der Waals surface area contributed by atoms with Gasteiger partial charge in [0, 0.05) is 20.4 Å². The van der Waals surface area contributed by atoms with Gasteiger partial charge in [-0.05, 0) is 13.8 Å². The molecule has 0 saturated heterocycles. The summed E-state index contributed by atoms with van der Waals surface area (Å²) >= 11 is 0. The van der Waals surface area contributed by atoms with Crippen molar-refractivity contribution >= 4 is 0 Å². The van der Waals surface area contributed by atoms with Gasteiger partial charge in [0.1, 0.15) is 11.9 Å². The van der Waals surface area contributed by atoms with E-state index in [-0.39, 0.29) is 6.10 Å². The van der Waals surface area contributed by atoms with Crippen molar-refractivity contribution in [3.05, 3.63) is 17.7 Å². The van der Waals surface area contributed by atoms with Crippen molar-refractivity contribution < 1.29 is 4.74 Å². The molecule has 0 bridgehead atoms. The maximum Gasteiger partial charge on any atom is 0.137 e. The van der Waals surface area contributed by atoms with Gasteiger partial charge in [0.2, 0.25) is 0 Å². The van der Waals surface area contributed by atoms with E-state index in [2.05, 4.69) is 4.98 Å². The third kappa shape index (κ3) is 1.60. The van der Waals surface area contributed by atoms with Crippen molar-refractivity contribution in [3.8, 4) is 0 Å². The van der Waals surface area contributed by atoms with Gasteiger partial charge in [0.05, 0.1) is 5.69 Å².